The molecular weight excluding hydrogens is 272 g/mol. The lowest BCUT2D eigenvalue weighted by molar-refractivity contribution is -0.136. The van der Waals surface area contributed by atoms with E-state index in [0.29, 0.717) is 11.1 Å². The summed E-state index contributed by atoms with van der Waals surface area (Å²) in [4.78, 5) is 10.7. The van der Waals surface area contributed by atoms with Gasteiger partial charge < -0.3 is 5.11 Å². The number of rotatable bonds is 2. The van der Waals surface area contributed by atoms with Crippen LogP contribution in [0.1, 0.15) is 11.1 Å². The van der Waals surface area contributed by atoms with E-state index in [1.807, 2.05) is 66.7 Å². The van der Waals surface area contributed by atoms with Crippen LogP contribution in [0.4, 0.5) is 0 Å². The predicted octanol–water partition coefficient (Wildman–Crippen LogP) is 4.13. The van der Waals surface area contributed by atoms with Gasteiger partial charge in [-0.25, -0.2) is 0 Å². The van der Waals surface area contributed by atoms with Crippen molar-refractivity contribution < 1.29 is 9.90 Å². The number of aliphatic carboxylic acids is 1. The highest BCUT2D eigenvalue weighted by Crippen LogP contribution is 2.22. The molecule has 0 heterocycles. The van der Waals surface area contributed by atoms with Gasteiger partial charge in [0, 0.05) is 5.56 Å². The predicted molar refractivity (Wildman–Crippen MR) is 89.7 cm³/mol. The molecule has 108 valence electrons. The summed E-state index contributed by atoms with van der Waals surface area (Å²) in [6, 6.07) is 23.4. The Bertz CT molecular complexity index is 772. The van der Waals surface area contributed by atoms with Gasteiger partial charge in [0.15, 0.2) is 0 Å². The fraction of sp³-hybridized carbons (Fsp3) is 0.0500. The summed E-state index contributed by atoms with van der Waals surface area (Å²) >= 11 is 0. The second-order valence-corrected chi connectivity index (χ2v) is 4.69. The number of terminal acetylenes is 1. The molecule has 0 amide bonds. The van der Waals surface area contributed by atoms with Gasteiger partial charge in [-0.3, -0.25) is 4.79 Å². The minimum atomic E-state index is -0.869. The molecule has 0 unspecified atom stereocenters. The molecule has 0 radical (unpaired) electrons. The van der Waals surface area contributed by atoms with Crippen molar-refractivity contribution in [2.45, 2.75) is 6.42 Å². The van der Waals surface area contributed by atoms with Gasteiger partial charge in [0.25, 0.3) is 0 Å². The van der Waals surface area contributed by atoms with Crippen molar-refractivity contribution in [2.75, 3.05) is 0 Å². The molecule has 0 aliphatic carbocycles. The molecule has 0 saturated heterocycles. The second-order valence-electron chi connectivity index (χ2n) is 4.69. The van der Waals surface area contributed by atoms with Crippen molar-refractivity contribution in [3.05, 3.63) is 83.9 Å². The number of carbonyl (C=O) groups is 1. The van der Waals surface area contributed by atoms with Crippen LogP contribution in [0.5, 0.6) is 0 Å². The van der Waals surface area contributed by atoms with Crippen LogP contribution in [0.2, 0.25) is 0 Å². The highest BCUT2D eigenvalue weighted by atomic mass is 16.4. The zero-order valence-corrected chi connectivity index (χ0v) is 12.1. The smallest absolute Gasteiger partial charge is 0.307 e. The van der Waals surface area contributed by atoms with Crippen molar-refractivity contribution in [2.24, 2.45) is 0 Å². The quantitative estimate of drug-likeness (QED) is 0.720. The van der Waals surface area contributed by atoms with Crippen LogP contribution in [-0.4, -0.2) is 11.1 Å². The molecule has 3 aromatic carbocycles. The first kappa shape index (κ1) is 15.3. The first-order chi connectivity index (χ1) is 10.7. The summed E-state index contributed by atoms with van der Waals surface area (Å²) in [6.45, 7) is 0. The Morgan fingerprint density at radius 3 is 2.05 bits per heavy atom. The maximum Gasteiger partial charge on any atom is 0.307 e. The van der Waals surface area contributed by atoms with Crippen LogP contribution < -0.4 is 0 Å². The first-order valence-electron chi connectivity index (χ1n) is 6.91. The van der Waals surface area contributed by atoms with E-state index in [4.69, 9.17) is 11.5 Å². The van der Waals surface area contributed by atoms with Crippen molar-refractivity contribution in [1.29, 1.82) is 0 Å². The van der Waals surface area contributed by atoms with Gasteiger partial charge in [-0.2, -0.15) is 0 Å². The topological polar surface area (TPSA) is 37.3 Å². The van der Waals surface area contributed by atoms with Gasteiger partial charge in [0.2, 0.25) is 0 Å². The van der Waals surface area contributed by atoms with E-state index >= 15 is 0 Å². The lowest BCUT2D eigenvalue weighted by Gasteiger charge is -2.06. The lowest BCUT2D eigenvalue weighted by Crippen LogP contribution is -2.02. The standard InChI is InChI=1S/C14H10O2.C6H6/c1-2-12-11(9-14(15)16)8-7-10-5-3-4-6-13(10)12;1-2-4-6-5-3-1/h1,3-8H,9H2,(H,15,16);1-6H. The number of hydrogen-bond donors (Lipinski definition) is 1. The van der Waals surface area contributed by atoms with Crippen LogP contribution in [0.15, 0.2) is 72.8 Å². The van der Waals surface area contributed by atoms with Crippen molar-refractivity contribution >= 4 is 16.7 Å². The third-order valence-electron chi connectivity index (χ3n) is 3.17. The highest BCUT2D eigenvalue weighted by molar-refractivity contribution is 5.90. The first-order valence-corrected chi connectivity index (χ1v) is 6.91. The average Bonchev–Trinajstić information content (AvgIpc) is 2.56. The summed E-state index contributed by atoms with van der Waals surface area (Å²) in [6.07, 6.45) is 5.41. The van der Waals surface area contributed by atoms with Crippen LogP contribution in [-0.2, 0) is 11.2 Å². The molecule has 0 spiro atoms. The largest absolute Gasteiger partial charge is 0.481 e. The molecule has 0 aromatic heterocycles. The molecule has 3 rings (SSSR count). The van der Waals surface area contributed by atoms with Gasteiger partial charge in [0.05, 0.1) is 6.42 Å². The Kier molecular flexibility index (Phi) is 5.34. The van der Waals surface area contributed by atoms with Gasteiger partial charge in [-0.05, 0) is 16.3 Å². The third kappa shape index (κ3) is 3.97. The molecule has 0 saturated carbocycles. The minimum absolute atomic E-state index is 0.0373. The summed E-state index contributed by atoms with van der Waals surface area (Å²) in [5, 5.41) is 10.8. The maximum atomic E-state index is 10.7. The fourth-order valence-corrected chi connectivity index (χ4v) is 2.18. The van der Waals surface area contributed by atoms with Crippen LogP contribution in [0, 0.1) is 12.3 Å². The summed E-state index contributed by atoms with van der Waals surface area (Å²) in [7, 11) is 0. The molecule has 0 fully saturated rings. The van der Waals surface area contributed by atoms with Crippen LogP contribution in [0.25, 0.3) is 10.8 Å². The van der Waals surface area contributed by atoms with E-state index in [1.54, 1.807) is 6.07 Å². The number of hydrogen-bond acceptors (Lipinski definition) is 1. The van der Waals surface area contributed by atoms with E-state index < -0.39 is 5.97 Å². The van der Waals surface area contributed by atoms with E-state index in [2.05, 4.69) is 5.92 Å². The van der Waals surface area contributed by atoms with Gasteiger partial charge in [-0.1, -0.05) is 78.7 Å². The number of carboxylic acid groups (broad SMARTS) is 1. The number of fused-ring (bicyclic) bond motifs is 1. The van der Waals surface area contributed by atoms with E-state index in [-0.39, 0.29) is 6.42 Å². The van der Waals surface area contributed by atoms with Crippen molar-refractivity contribution in [3.63, 3.8) is 0 Å². The zero-order chi connectivity index (χ0) is 15.8. The van der Waals surface area contributed by atoms with Gasteiger partial charge in [-0.15, -0.1) is 6.42 Å². The van der Waals surface area contributed by atoms with Crippen LogP contribution >= 0.6 is 0 Å². The Morgan fingerprint density at radius 2 is 1.50 bits per heavy atom. The number of benzene rings is 3. The monoisotopic (exact) mass is 288 g/mol. The lowest BCUT2D eigenvalue weighted by atomic mass is 9.97. The Labute approximate surface area is 130 Å². The molecule has 3 aromatic rings. The highest BCUT2D eigenvalue weighted by Gasteiger charge is 2.08. The normalized spacial score (nSPS) is 9.41. The number of carboxylic acids is 1. The molecule has 1 N–H and O–H groups in total. The molecule has 22 heavy (non-hydrogen) atoms. The zero-order valence-electron chi connectivity index (χ0n) is 12.1. The van der Waals surface area contributed by atoms with Gasteiger partial charge >= 0.3 is 5.97 Å². The molecule has 2 heteroatoms. The van der Waals surface area contributed by atoms with E-state index in [9.17, 15) is 4.79 Å². The van der Waals surface area contributed by atoms with Gasteiger partial charge in [0.1, 0.15) is 0 Å². The summed E-state index contributed by atoms with van der Waals surface area (Å²) < 4.78 is 0. The third-order valence-corrected chi connectivity index (χ3v) is 3.17. The molecule has 2 nitrogen and oxygen atoms in total. The van der Waals surface area contributed by atoms with Crippen molar-refractivity contribution in [3.8, 4) is 12.3 Å². The Balaban J connectivity index is 0.000000246. The molecule has 0 atom stereocenters. The maximum absolute atomic E-state index is 10.7. The summed E-state index contributed by atoms with van der Waals surface area (Å²) in [5.74, 6) is 1.71. The average molecular weight is 288 g/mol. The molecule has 0 aliphatic rings. The van der Waals surface area contributed by atoms with Crippen LogP contribution in [0.3, 0.4) is 0 Å². The Morgan fingerprint density at radius 1 is 0.909 bits per heavy atom. The van der Waals surface area contributed by atoms with Crippen molar-refractivity contribution in [1.82, 2.24) is 0 Å². The molecule has 0 aliphatic heterocycles. The SMILES string of the molecule is C#Cc1c(CC(=O)O)ccc2ccccc12.c1ccccc1. The van der Waals surface area contributed by atoms with E-state index in [0.717, 1.165) is 10.8 Å². The molecular formula is C20H16O2. The summed E-state index contributed by atoms with van der Waals surface area (Å²) in [5.41, 5.74) is 1.37. The second kappa shape index (κ2) is 7.66. The Hall–Kier alpha value is -3.05. The molecule has 0 bridgehead atoms. The fourth-order valence-electron chi connectivity index (χ4n) is 2.18. The van der Waals surface area contributed by atoms with E-state index in [1.165, 1.54) is 0 Å². The minimum Gasteiger partial charge on any atom is -0.481 e.